The molecule has 1 aromatic carbocycles. The van der Waals surface area contributed by atoms with Crippen LogP contribution in [0.2, 0.25) is 0 Å². The summed E-state index contributed by atoms with van der Waals surface area (Å²) in [4.78, 5) is 4.17. The SMILES string of the molecule is C=C(SCCCCCCn1ccc(=S)[nH]c1=S)c1ccccc1. The van der Waals surface area contributed by atoms with E-state index in [0.717, 1.165) is 23.6 Å². The van der Waals surface area contributed by atoms with Crippen LogP contribution in [0, 0.1) is 9.41 Å². The summed E-state index contributed by atoms with van der Waals surface area (Å²) in [7, 11) is 0. The molecular weight excluding hydrogens is 340 g/mol. The van der Waals surface area contributed by atoms with Crippen LogP contribution in [-0.4, -0.2) is 15.3 Å². The van der Waals surface area contributed by atoms with Gasteiger partial charge in [0.25, 0.3) is 0 Å². The Morgan fingerprint density at radius 1 is 1.04 bits per heavy atom. The first-order valence-corrected chi connectivity index (χ1v) is 9.64. The van der Waals surface area contributed by atoms with E-state index in [4.69, 9.17) is 24.4 Å². The number of nitrogens with zero attached hydrogens (tertiary/aromatic N) is 1. The normalized spacial score (nSPS) is 10.6. The zero-order valence-corrected chi connectivity index (χ0v) is 15.6. The number of aromatic amines is 1. The predicted molar refractivity (Wildman–Crippen MR) is 107 cm³/mol. The van der Waals surface area contributed by atoms with Crippen molar-refractivity contribution >= 4 is 41.1 Å². The number of hydrogen-bond acceptors (Lipinski definition) is 3. The van der Waals surface area contributed by atoms with Crippen molar-refractivity contribution in [2.45, 2.75) is 32.2 Å². The number of aryl methyl sites for hydroxylation is 1. The second-order valence-electron chi connectivity index (χ2n) is 5.36. The average Bonchev–Trinajstić information content (AvgIpc) is 2.56. The second kappa shape index (κ2) is 9.85. The Bertz CT molecular complexity index is 732. The summed E-state index contributed by atoms with van der Waals surface area (Å²) in [6, 6.07) is 12.3. The zero-order chi connectivity index (χ0) is 16.5. The van der Waals surface area contributed by atoms with Crippen molar-refractivity contribution in [1.82, 2.24) is 9.55 Å². The molecular formula is C18H22N2S3. The number of benzene rings is 1. The Morgan fingerprint density at radius 2 is 1.78 bits per heavy atom. The lowest BCUT2D eigenvalue weighted by molar-refractivity contribution is 0.570. The van der Waals surface area contributed by atoms with Crippen LogP contribution in [0.3, 0.4) is 0 Å². The molecule has 0 aliphatic heterocycles. The molecule has 2 nitrogen and oxygen atoms in total. The Kier molecular flexibility index (Phi) is 7.79. The number of thioether (sulfide) groups is 1. The minimum Gasteiger partial charge on any atom is -0.325 e. The number of unbranched alkanes of at least 4 members (excludes halogenated alkanes) is 3. The molecule has 0 unspecified atom stereocenters. The van der Waals surface area contributed by atoms with Gasteiger partial charge in [-0.05, 0) is 42.4 Å². The van der Waals surface area contributed by atoms with Crippen LogP contribution in [-0.2, 0) is 6.54 Å². The average molecular weight is 363 g/mol. The minimum absolute atomic E-state index is 0.696. The maximum atomic E-state index is 5.26. The van der Waals surface area contributed by atoms with Gasteiger partial charge in [-0.1, -0.05) is 62.0 Å². The molecule has 0 amide bonds. The standard InChI is InChI=1S/C18H22N2S3/c1-15(16-9-5-4-6-10-16)23-14-8-3-2-7-12-20-13-11-17(21)19-18(20)22/h4-6,9-11,13H,1-3,7-8,12,14H2,(H,19,21,22). The van der Waals surface area contributed by atoms with Gasteiger partial charge in [0.2, 0.25) is 0 Å². The summed E-state index contributed by atoms with van der Waals surface area (Å²) in [6.45, 7) is 5.10. The molecule has 0 bridgehead atoms. The third-order valence-electron chi connectivity index (χ3n) is 3.56. The van der Waals surface area contributed by atoms with Crippen LogP contribution in [0.5, 0.6) is 0 Å². The molecule has 122 valence electrons. The van der Waals surface area contributed by atoms with Gasteiger partial charge in [0, 0.05) is 17.6 Å². The lowest BCUT2D eigenvalue weighted by Crippen LogP contribution is -2.01. The topological polar surface area (TPSA) is 20.7 Å². The molecule has 2 aromatic rings. The molecule has 1 aromatic heterocycles. The number of H-pyrrole nitrogens is 1. The molecule has 23 heavy (non-hydrogen) atoms. The lowest BCUT2D eigenvalue weighted by Gasteiger charge is -2.07. The zero-order valence-electron chi connectivity index (χ0n) is 13.2. The van der Waals surface area contributed by atoms with Crippen molar-refractivity contribution in [3.05, 3.63) is 64.1 Å². The van der Waals surface area contributed by atoms with E-state index in [0.29, 0.717) is 9.41 Å². The molecule has 0 atom stereocenters. The maximum Gasteiger partial charge on any atom is 0.178 e. The first kappa shape index (κ1) is 18.2. The van der Waals surface area contributed by atoms with E-state index in [9.17, 15) is 0 Å². The van der Waals surface area contributed by atoms with Crippen molar-refractivity contribution in [3.63, 3.8) is 0 Å². The highest BCUT2D eigenvalue weighted by Crippen LogP contribution is 2.26. The molecule has 2 rings (SSSR count). The van der Waals surface area contributed by atoms with E-state index in [-0.39, 0.29) is 0 Å². The Morgan fingerprint density at radius 3 is 2.52 bits per heavy atom. The van der Waals surface area contributed by atoms with E-state index in [2.05, 4.69) is 40.4 Å². The van der Waals surface area contributed by atoms with Crippen molar-refractivity contribution in [2.24, 2.45) is 0 Å². The molecule has 0 aliphatic carbocycles. The molecule has 0 fully saturated rings. The first-order valence-electron chi connectivity index (χ1n) is 7.84. The van der Waals surface area contributed by atoms with E-state index < -0.39 is 0 Å². The van der Waals surface area contributed by atoms with Crippen LogP contribution < -0.4 is 0 Å². The number of hydrogen-bond donors (Lipinski definition) is 1. The van der Waals surface area contributed by atoms with Crippen LogP contribution in [0.15, 0.2) is 49.2 Å². The third kappa shape index (κ3) is 6.45. The fourth-order valence-electron chi connectivity index (χ4n) is 2.26. The van der Waals surface area contributed by atoms with Crippen molar-refractivity contribution in [3.8, 4) is 0 Å². The molecule has 5 heteroatoms. The van der Waals surface area contributed by atoms with Crippen LogP contribution in [0.25, 0.3) is 4.91 Å². The summed E-state index contributed by atoms with van der Waals surface area (Å²) in [5.41, 5.74) is 1.23. The van der Waals surface area contributed by atoms with Gasteiger partial charge in [-0.25, -0.2) is 0 Å². The Hall–Kier alpha value is -1.17. The van der Waals surface area contributed by atoms with E-state index in [1.165, 1.54) is 24.8 Å². The molecule has 1 heterocycles. The fourth-order valence-corrected chi connectivity index (χ4v) is 3.64. The minimum atomic E-state index is 0.696. The van der Waals surface area contributed by atoms with Gasteiger partial charge in [0.05, 0.1) is 0 Å². The Labute approximate surface area is 152 Å². The highest BCUT2D eigenvalue weighted by Gasteiger charge is 1.99. The van der Waals surface area contributed by atoms with E-state index >= 15 is 0 Å². The summed E-state index contributed by atoms with van der Waals surface area (Å²) < 4.78 is 3.46. The number of aromatic nitrogens is 2. The summed E-state index contributed by atoms with van der Waals surface area (Å²) >= 11 is 12.2. The summed E-state index contributed by atoms with van der Waals surface area (Å²) in [5, 5.41) is 0. The van der Waals surface area contributed by atoms with Gasteiger partial charge in [-0.2, -0.15) is 0 Å². The monoisotopic (exact) mass is 362 g/mol. The van der Waals surface area contributed by atoms with Gasteiger partial charge < -0.3 is 9.55 Å². The lowest BCUT2D eigenvalue weighted by atomic mass is 10.2. The molecule has 1 N–H and O–H groups in total. The van der Waals surface area contributed by atoms with E-state index in [1.807, 2.05) is 30.1 Å². The van der Waals surface area contributed by atoms with Gasteiger partial charge in [0.15, 0.2) is 4.77 Å². The molecule has 0 aliphatic rings. The van der Waals surface area contributed by atoms with E-state index in [1.54, 1.807) is 0 Å². The largest absolute Gasteiger partial charge is 0.325 e. The smallest absolute Gasteiger partial charge is 0.178 e. The first-order chi connectivity index (χ1) is 11.2. The van der Waals surface area contributed by atoms with Gasteiger partial charge >= 0.3 is 0 Å². The van der Waals surface area contributed by atoms with Crippen molar-refractivity contribution in [1.29, 1.82) is 0 Å². The van der Waals surface area contributed by atoms with Crippen molar-refractivity contribution in [2.75, 3.05) is 5.75 Å². The number of rotatable bonds is 9. The maximum absolute atomic E-state index is 5.26. The highest BCUT2D eigenvalue weighted by molar-refractivity contribution is 8.08. The van der Waals surface area contributed by atoms with Crippen molar-refractivity contribution < 1.29 is 0 Å². The highest BCUT2D eigenvalue weighted by atomic mass is 32.2. The van der Waals surface area contributed by atoms with Crippen LogP contribution in [0.4, 0.5) is 0 Å². The predicted octanol–water partition coefficient (Wildman–Crippen LogP) is 6.24. The molecule has 0 radical (unpaired) electrons. The number of nitrogens with one attached hydrogen (secondary N) is 1. The second-order valence-corrected chi connectivity index (χ2v) is 7.37. The quantitative estimate of drug-likeness (QED) is 0.421. The van der Waals surface area contributed by atoms with Crippen LogP contribution >= 0.6 is 36.2 Å². The Balaban J connectivity index is 1.58. The third-order valence-corrected chi connectivity index (χ3v) is 5.21. The summed E-state index contributed by atoms with van der Waals surface area (Å²) in [5.74, 6) is 1.13. The van der Waals surface area contributed by atoms with Gasteiger partial charge in [0.1, 0.15) is 4.64 Å². The van der Waals surface area contributed by atoms with Gasteiger partial charge in [-0.3, -0.25) is 0 Å². The van der Waals surface area contributed by atoms with Gasteiger partial charge in [-0.15, -0.1) is 11.8 Å². The fraction of sp³-hybridized carbons (Fsp3) is 0.333. The molecule has 0 saturated heterocycles. The molecule has 0 spiro atoms. The summed E-state index contributed by atoms with van der Waals surface area (Å²) in [6.07, 6.45) is 6.80. The van der Waals surface area contributed by atoms with Crippen LogP contribution in [0.1, 0.15) is 31.2 Å². The molecule has 0 saturated carbocycles.